The van der Waals surface area contributed by atoms with E-state index in [9.17, 15) is 4.39 Å². The van der Waals surface area contributed by atoms with Crippen molar-refractivity contribution in [3.63, 3.8) is 0 Å². The van der Waals surface area contributed by atoms with Gasteiger partial charge in [0.1, 0.15) is 5.82 Å². The Morgan fingerprint density at radius 2 is 2.29 bits per heavy atom. The molecule has 0 amide bonds. The van der Waals surface area contributed by atoms with Crippen LogP contribution in [0.4, 0.5) is 4.39 Å². The monoisotopic (exact) mass is 195 g/mol. The molecule has 0 bridgehead atoms. The lowest BCUT2D eigenvalue weighted by molar-refractivity contribution is 0.275. The first-order valence-electron chi connectivity index (χ1n) is 4.90. The zero-order chi connectivity index (χ0) is 10.1. The number of rotatable bonds is 1. The number of aliphatic hydroxyl groups excluding tert-OH is 1. The SMILES string of the molecule is N[C@@H]1CCCc2cc(CO)c(F)cc21. The topological polar surface area (TPSA) is 46.2 Å². The molecule has 0 aromatic heterocycles. The van der Waals surface area contributed by atoms with Gasteiger partial charge in [-0.2, -0.15) is 0 Å². The van der Waals surface area contributed by atoms with Gasteiger partial charge in [-0.3, -0.25) is 0 Å². The lowest BCUT2D eigenvalue weighted by Gasteiger charge is -2.22. The highest BCUT2D eigenvalue weighted by molar-refractivity contribution is 5.36. The molecule has 76 valence electrons. The van der Waals surface area contributed by atoms with E-state index in [0.29, 0.717) is 5.56 Å². The zero-order valence-corrected chi connectivity index (χ0v) is 7.96. The standard InChI is InChI=1S/C11H14FNO/c12-10-5-9-7(4-8(10)6-14)2-1-3-11(9)13/h4-5,11,14H,1-3,6,13H2/t11-/m1/s1. The van der Waals surface area contributed by atoms with Crippen LogP contribution in [0.25, 0.3) is 0 Å². The number of benzene rings is 1. The van der Waals surface area contributed by atoms with Crippen LogP contribution in [-0.2, 0) is 13.0 Å². The lowest BCUT2D eigenvalue weighted by atomic mass is 9.87. The predicted octanol–water partition coefficient (Wildman–Crippen LogP) is 1.65. The Balaban J connectivity index is 2.48. The Morgan fingerprint density at radius 1 is 1.50 bits per heavy atom. The van der Waals surface area contributed by atoms with E-state index in [1.54, 1.807) is 6.07 Å². The van der Waals surface area contributed by atoms with E-state index in [-0.39, 0.29) is 18.5 Å². The van der Waals surface area contributed by atoms with Crippen molar-refractivity contribution in [2.24, 2.45) is 5.73 Å². The van der Waals surface area contributed by atoms with Crippen molar-refractivity contribution in [3.8, 4) is 0 Å². The van der Waals surface area contributed by atoms with E-state index in [0.717, 1.165) is 30.4 Å². The Bertz CT molecular complexity index is 351. The Hall–Kier alpha value is -0.930. The molecule has 0 unspecified atom stereocenters. The van der Waals surface area contributed by atoms with Crippen LogP contribution in [0.2, 0.25) is 0 Å². The number of halogens is 1. The molecular formula is C11H14FNO. The van der Waals surface area contributed by atoms with Gasteiger partial charge in [0.2, 0.25) is 0 Å². The Kier molecular flexibility index (Phi) is 2.52. The molecule has 1 aliphatic carbocycles. The van der Waals surface area contributed by atoms with Gasteiger partial charge in [0.15, 0.2) is 0 Å². The average Bonchev–Trinajstić information content (AvgIpc) is 2.19. The summed E-state index contributed by atoms with van der Waals surface area (Å²) < 4.78 is 13.3. The summed E-state index contributed by atoms with van der Waals surface area (Å²) in [6.45, 7) is -0.242. The summed E-state index contributed by atoms with van der Waals surface area (Å²) in [6, 6.07) is 3.18. The fourth-order valence-electron chi connectivity index (χ4n) is 2.04. The van der Waals surface area contributed by atoms with Gasteiger partial charge in [0.05, 0.1) is 6.61 Å². The van der Waals surface area contributed by atoms with Gasteiger partial charge in [-0.05, 0) is 36.5 Å². The molecule has 1 aromatic carbocycles. The van der Waals surface area contributed by atoms with Crippen molar-refractivity contribution in [1.82, 2.24) is 0 Å². The zero-order valence-electron chi connectivity index (χ0n) is 7.96. The Morgan fingerprint density at radius 3 is 3.00 bits per heavy atom. The fourth-order valence-corrected chi connectivity index (χ4v) is 2.04. The molecule has 0 saturated carbocycles. The van der Waals surface area contributed by atoms with E-state index in [2.05, 4.69) is 0 Å². The minimum atomic E-state index is -0.344. The van der Waals surface area contributed by atoms with E-state index < -0.39 is 0 Å². The van der Waals surface area contributed by atoms with Crippen molar-refractivity contribution in [2.45, 2.75) is 31.9 Å². The fraction of sp³-hybridized carbons (Fsp3) is 0.455. The number of aryl methyl sites for hydroxylation is 1. The summed E-state index contributed by atoms with van der Waals surface area (Å²) in [4.78, 5) is 0. The van der Waals surface area contributed by atoms with Crippen molar-refractivity contribution in [1.29, 1.82) is 0 Å². The van der Waals surface area contributed by atoms with Crippen molar-refractivity contribution in [3.05, 3.63) is 34.6 Å². The van der Waals surface area contributed by atoms with Gasteiger partial charge in [0.25, 0.3) is 0 Å². The molecule has 0 saturated heterocycles. The molecular weight excluding hydrogens is 181 g/mol. The molecule has 1 atom stereocenters. The molecule has 1 aliphatic rings. The number of aliphatic hydroxyl groups is 1. The smallest absolute Gasteiger partial charge is 0.129 e. The second kappa shape index (κ2) is 3.67. The summed E-state index contributed by atoms with van der Waals surface area (Å²) in [7, 11) is 0. The maximum atomic E-state index is 13.3. The van der Waals surface area contributed by atoms with Crippen LogP contribution in [0.15, 0.2) is 12.1 Å². The molecule has 14 heavy (non-hydrogen) atoms. The third kappa shape index (κ3) is 1.53. The predicted molar refractivity (Wildman–Crippen MR) is 52.2 cm³/mol. The number of nitrogens with two attached hydrogens (primary N) is 1. The van der Waals surface area contributed by atoms with Gasteiger partial charge in [0, 0.05) is 11.6 Å². The normalized spacial score (nSPS) is 20.6. The summed E-state index contributed by atoms with van der Waals surface area (Å²) >= 11 is 0. The summed E-state index contributed by atoms with van der Waals surface area (Å²) in [5, 5.41) is 8.91. The highest BCUT2D eigenvalue weighted by atomic mass is 19.1. The molecule has 0 radical (unpaired) electrons. The van der Waals surface area contributed by atoms with Crippen molar-refractivity contribution >= 4 is 0 Å². The second-order valence-electron chi connectivity index (χ2n) is 3.80. The number of hydrogen-bond donors (Lipinski definition) is 2. The van der Waals surface area contributed by atoms with Gasteiger partial charge >= 0.3 is 0 Å². The second-order valence-corrected chi connectivity index (χ2v) is 3.80. The van der Waals surface area contributed by atoms with E-state index in [1.807, 2.05) is 0 Å². The highest BCUT2D eigenvalue weighted by Crippen LogP contribution is 2.29. The first-order chi connectivity index (χ1) is 6.72. The van der Waals surface area contributed by atoms with Crippen LogP contribution in [-0.4, -0.2) is 5.11 Å². The van der Waals surface area contributed by atoms with Crippen LogP contribution < -0.4 is 5.73 Å². The molecule has 2 nitrogen and oxygen atoms in total. The molecule has 3 N–H and O–H groups in total. The largest absolute Gasteiger partial charge is 0.392 e. The highest BCUT2D eigenvalue weighted by Gasteiger charge is 2.18. The molecule has 0 heterocycles. The van der Waals surface area contributed by atoms with Crippen LogP contribution in [0, 0.1) is 5.82 Å². The first kappa shape index (κ1) is 9.62. The van der Waals surface area contributed by atoms with E-state index in [1.165, 1.54) is 6.07 Å². The van der Waals surface area contributed by atoms with E-state index in [4.69, 9.17) is 10.8 Å². The first-order valence-corrected chi connectivity index (χ1v) is 4.90. The van der Waals surface area contributed by atoms with Crippen LogP contribution in [0.3, 0.4) is 0 Å². The maximum absolute atomic E-state index is 13.3. The van der Waals surface area contributed by atoms with Gasteiger partial charge in [-0.25, -0.2) is 4.39 Å². The number of hydrogen-bond acceptors (Lipinski definition) is 2. The molecule has 0 fully saturated rings. The number of fused-ring (bicyclic) bond motifs is 1. The van der Waals surface area contributed by atoms with Crippen LogP contribution in [0.5, 0.6) is 0 Å². The summed E-state index contributed by atoms with van der Waals surface area (Å²) in [6.07, 6.45) is 2.91. The maximum Gasteiger partial charge on any atom is 0.129 e. The van der Waals surface area contributed by atoms with Crippen molar-refractivity contribution < 1.29 is 9.50 Å². The summed E-state index contributed by atoms with van der Waals surface area (Å²) in [5.41, 5.74) is 8.25. The molecule has 0 spiro atoms. The summed E-state index contributed by atoms with van der Waals surface area (Å²) in [5.74, 6) is -0.344. The molecule has 3 heteroatoms. The minimum Gasteiger partial charge on any atom is -0.392 e. The average molecular weight is 195 g/mol. The van der Waals surface area contributed by atoms with Crippen LogP contribution >= 0.6 is 0 Å². The lowest BCUT2D eigenvalue weighted by Crippen LogP contribution is -2.18. The third-order valence-electron chi connectivity index (χ3n) is 2.84. The Labute approximate surface area is 82.5 Å². The van der Waals surface area contributed by atoms with Gasteiger partial charge < -0.3 is 10.8 Å². The van der Waals surface area contributed by atoms with Crippen LogP contribution in [0.1, 0.15) is 35.6 Å². The van der Waals surface area contributed by atoms with Crippen molar-refractivity contribution in [2.75, 3.05) is 0 Å². The molecule has 0 aliphatic heterocycles. The quantitative estimate of drug-likeness (QED) is 0.715. The molecule has 1 aromatic rings. The van der Waals surface area contributed by atoms with Gasteiger partial charge in [-0.1, -0.05) is 6.07 Å². The van der Waals surface area contributed by atoms with Gasteiger partial charge in [-0.15, -0.1) is 0 Å². The van der Waals surface area contributed by atoms with E-state index >= 15 is 0 Å². The minimum absolute atomic E-state index is 0.0407. The third-order valence-corrected chi connectivity index (χ3v) is 2.84. The molecule has 2 rings (SSSR count).